The van der Waals surface area contributed by atoms with Gasteiger partial charge in [0.25, 0.3) is 5.91 Å². The second kappa shape index (κ2) is 4.45. The third kappa shape index (κ3) is 2.55. The maximum atomic E-state index is 12.7. The monoisotopic (exact) mass is 295 g/mol. The van der Waals surface area contributed by atoms with Gasteiger partial charge >= 0.3 is 6.18 Å². The standard InChI is InChI=1S/C10H9BrF3NO/c1-15(2)9(16)8-6(10(12,13)14)4-3-5-7(8)11/h3-5H,1-2H3. The first-order valence-electron chi connectivity index (χ1n) is 4.32. The SMILES string of the molecule is CN(C)C(=O)c1c(Br)cccc1C(F)(F)F. The smallest absolute Gasteiger partial charge is 0.345 e. The summed E-state index contributed by atoms with van der Waals surface area (Å²) in [5.41, 5.74) is -1.29. The minimum absolute atomic E-state index is 0.140. The van der Waals surface area contributed by atoms with Crippen LogP contribution in [0.1, 0.15) is 15.9 Å². The molecular weight excluding hydrogens is 287 g/mol. The number of nitrogens with zero attached hydrogens (tertiary/aromatic N) is 1. The topological polar surface area (TPSA) is 20.3 Å². The lowest BCUT2D eigenvalue weighted by atomic mass is 10.1. The summed E-state index contributed by atoms with van der Waals surface area (Å²) in [7, 11) is 2.81. The summed E-state index contributed by atoms with van der Waals surface area (Å²) in [5, 5.41) is 0. The largest absolute Gasteiger partial charge is 0.417 e. The number of alkyl halides is 3. The summed E-state index contributed by atoms with van der Waals surface area (Å²) in [6.07, 6.45) is -4.54. The van der Waals surface area contributed by atoms with Gasteiger partial charge in [0.1, 0.15) is 0 Å². The van der Waals surface area contributed by atoms with Crippen LogP contribution in [0.5, 0.6) is 0 Å². The number of benzene rings is 1. The fourth-order valence-electron chi connectivity index (χ4n) is 1.20. The first-order valence-corrected chi connectivity index (χ1v) is 5.12. The molecule has 6 heteroatoms. The van der Waals surface area contributed by atoms with E-state index in [0.29, 0.717) is 0 Å². The second-order valence-corrected chi connectivity index (χ2v) is 4.21. The van der Waals surface area contributed by atoms with Crippen LogP contribution in [0.15, 0.2) is 22.7 Å². The Morgan fingerprint density at radius 2 is 1.88 bits per heavy atom. The van der Waals surface area contributed by atoms with Gasteiger partial charge in [-0.2, -0.15) is 13.2 Å². The molecule has 0 aliphatic heterocycles. The number of halogens is 4. The normalized spacial score (nSPS) is 11.4. The highest BCUT2D eigenvalue weighted by Crippen LogP contribution is 2.35. The van der Waals surface area contributed by atoms with Crippen molar-refractivity contribution in [3.8, 4) is 0 Å². The van der Waals surface area contributed by atoms with Gasteiger partial charge in [-0.3, -0.25) is 4.79 Å². The molecule has 16 heavy (non-hydrogen) atoms. The molecule has 1 rings (SSSR count). The molecule has 88 valence electrons. The van der Waals surface area contributed by atoms with Crippen LogP contribution >= 0.6 is 15.9 Å². The van der Waals surface area contributed by atoms with Crippen molar-refractivity contribution in [1.82, 2.24) is 4.90 Å². The van der Waals surface area contributed by atoms with Gasteiger partial charge in [0.15, 0.2) is 0 Å². The second-order valence-electron chi connectivity index (χ2n) is 3.36. The number of hydrogen-bond donors (Lipinski definition) is 0. The van der Waals surface area contributed by atoms with Crippen LogP contribution in [0.2, 0.25) is 0 Å². The average molecular weight is 296 g/mol. The Bertz CT molecular complexity index is 415. The minimum Gasteiger partial charge on any atom is -0.345 e. The van der Waals surface area contributed by atoms with Gasteiger partial charge in [0.05, 0.1) is 11.1 Å². The predicted octanol–water partition coefficient (Wildman–Crippen LogP) is 3.17. The Morgan fingerprint density at radius 3 is 2.31 bits per heavy atom. The quantitative estimate of drug-likeness (QED) is 0.779. The van der Waals surface area contributed by atoms with Crippen molar-refractivity contribution in [3.63, 3.8) is 0 Å². The maximum absolute atomic E-state index is 12.7. The zero-order valence-electron chi connectivity index (χ0n) is 8.60. The molecule has 1 aromatic carbocycles. The molecule has 0 radical (unpaired) electrons. The van der Waals surface area contributed by atoms with E-state index in [2.05, 4.69) is 15.9 Å². The van der Waals surface area contributed by atoms with Crippen molar-refractivity contribution in [3.05, 3.63) is 33.8 Å². The summed E-state index contributed by atoms with van der Waals surface area (Å²) in [6.45, 7) is 0. The number of amides is 1. The molecule has 0 spiro atoms. The molecule has 0 aromatic heterocycles. The van der Waals surface area contributed by atoms with Crippen LogP contribution in [0, 0.1) is 0 Å². The highest BCUT2D eigenvalue weighted by atomic mass is 79.9. The first-order chi connectivity index (χ1) is 7.25. The Balaban J connectivity index is 3.41. The summed E-state index contributed by atoms with van der Waals surface area (Å²) in [5.74, 6) is -0.681. The van der Waals surface area contributed by atoms with Crippen molar-refractivity contribution in [2.45, 2.75) is 6.18 Å². The molecule has 1 amide bonds. The van der Waals surface area contributed by atoms with Crippen molar-refractivity contribution >= 4 is 21.8 Å². The van der Waals surface area contributed by atoms with Crippen molar-refractivity contribution in [1.29, 1.82) is 0 Å². The molecule has 0 aliphatic carbocycles. The molecule has 0 aliphatic rings. The van der Waals surface area contributed by atoms with Crippen molar-refractivity contribution in [2.24, 2.45) is 0 Å². The van der Waals surface area contributed by atoms with Crippen LogP contribution in [0.25, 0.3) is 0 Å². The van der Waals surface area contributed by atoms with Gasteiger partial charge in [-0.15, -0.1) is 0 Å². The highest BCUT2D eigenvalue weighted by Gasteiger charge is 2.36. The molecule has 2 nitrogen and oxygen atoms in total. The van der Waals surface area contributed by atoms with E-state index in [-0.39, 0.29) is 10.0 Å². The molecular formula is C10H9BrF3NO. The molecule has 0 fully saturated rings. The lowest BCUT2D eigenvalue weighted by Crippen LogP contribution is -2.25. The Labute approximate surface area is 99.2 Å². The summed E-state index contributed by atoms with van der Waals surface area (Å²) < 4.78 is 38.1. The third-order valence-electron chi connectivity index (χ3n) is 1.94. The first kappa shape index (κ1) is 13.0. The summed E-state index contributed by atoms with van der Waals surface area (Å²) in [4.78, 5) is 12.7. The van der Waals surface area contributed by atoms with Gasteiger partial charge in [-0.05, 0) is 28.1 Å². The van der Waals surface area contributed by atoms with Crippen molar-refractivity contribution in [2.75, 3.05) is 14.1 Å². The molecule has 0 bridgehead atoms. The highest BCUT2D eigenvalue weighted by molar-refractivity contribution is 9.10. The van der Waals surface area contributed by atoms with Gasteiger partial charge in [-0.1, -0.05) is 6.07 Å². The van der Waals surface area contributed by atoms with E-state index in [4.69, 9.17) is 0 Å². The molecule has 0 saturated heterocycles. The van der Waals surface area contributed by atoms with Gasteiger partial charge in [-0.25, -0.2) is 0 Å². The third-order valence-corrected chi connectivity index (χ3v) is 2.60. The number of carbonyl (C=O) groups excluding carboxylic acids is 1. The van der Waals surface area contributed by atoms with Crippen LogP contribution in [-0.4, -0.2) is 24.9 Å². The van der Waals surface area contributed by atoms with Crippen molar-refractivity contribution < 1.29 is 18.0 Å². The minimum atomic E-state index is -4.54. The van der Waals surface area contributed by atoms with E-state index < -0.39 is 17.6 Å². The zero-order valence-corrected chi connectivity index (χ0v) is 10.2. The van der Waals surface area contributed by atoms with E-state index in [1.807, 2.05) is 0 Å². The van der Waals surface area contributed by atoms with Crippen LogP contribution in [-0.2, 0) is 6.18 Å². The fraction of sp³-hybridized carbons (Fsp3) is 0.300. The van der Waals surface area contributed by atoms with E-state index in [9.17, 15) is 18.0 Å². The van der Waals surface area contributed by atoms with E-state index in [0.717, 1.165) is 11.0 Å². The molecule has 0 unspecified atom stereocenters. The van der Waals surface area contributed by atoms with Gasteiger partial charge in [0, 0.05) is 18.6 Å². The molecule has 0 saturated carbocycles. The van der Waals surface area contributed by atoms with Crippen LogP contribution in [0.4, 0.5) is 13.2 Å². The summed E-state index contributed by atoms with van der Waals surface area (Å²) in [6, 6.07) is 3.55. The lowest BCUT2D eigenvalue weighted by molar-refractivity contribution is -0.138. The van der Waals surface area contributed by atoms with Crippen LogP contribution < -0.4 is 0 Å². The number of hydrogen-bond acceptors (Lipinski definition) is 1. The van der Waals surface area contributed by atoms with E-state index in [1.165, 1.54) is 26.2 Å². The van der Waals surface area contributed by atoms with Gasteiger partial charge in [0.2, 0.25) is 0 Å². The number of rotatable bonds is 1. The zero-order chi connectivity index (χ0) is 12.5. The predicted molar refractivity (Wildman–Crippen MR) is 57.2 cm³/mol. The lowest BCUT2D eigenvalue weighted by Gasteiger charge is -2.17. The maximum Gasteiger partial charge on any atom is 0.417 e. The Kier molecular flexibility index (Phi) is 3.62. The summed E-state index contributed by atoms with van der Waals surface area (Å²) >= 11 is 2.96. The molecule has 0 N–H and O–H groups in total. The van der Waals surface area contributed by atoms with Crippen LogP contribution in [0.3, 0.4) is 0 Å². The average Bonchev–Trinajstić information content (AvgIpc) is 2.14. The van der Waals surface area contributed by atoms with Gasteiger partial charge < -0.3 is 4.90 Å². The van der Waals surface area contributed by atoms with E-state index >= 15 is 0 Å². The fourth-order valence-corrected chi connectivity index (χ4v) is 1.74. The molecule has 0 heterocycles. The molecule has 1 aromatic rings. The number of carbonyl (C=O) groups is 1. The Morgan fingerprint density at radius 1 is 1.31 bits per heavy atom. The van der Waals surface area contributed by atoms with E-state index in [1.54, 1.807) is 0 Å². The molecule has 0 atom stereocenters. The Hall–Kier alpha value is -1.04.